The minimum absolute atomic E-state index is 0.0874. The number of carbonyl (C=O) groups is 2. The van der Waals surface area contributed by atoms with Crippen LogP contribution in [0.25, 0.3) is 0 Å². The number of ether oxygens (including phenoxy) is 2. The molecule has 0 saturated heterocycles. The Morgan fingerprint density at radius 2 is 1.33 bits per heavy atom. The fourth-order valence-corrected chi connectivity index (χ4v) is 4.27. The van der Waals surface area contributed by atoms with E-state index in [0.717, 1.165) is 0 Å². The first-order chi connectivity index (χ1) is 11.0. The maximum atomic E-state index is 12.3. The third-order valence-electron chi connectivity index (χ3n) is 2.53. The molecule has 0 aliphatic rings. The smallest absolute Gasteiger partial charge is 0.340 e. The van der Waals surface area contributed by atoms with Gasteiger partial charge in [0, 0.05) is 17.9 Å². The molecule has 0 aliphatic heterocycles. The quantitative estimate of drug-likeness (QED) is 0.223. The van der Waals surface area contributed by atoms with Crippen molar-refractivity contribution in [1.29, 1.82) is 0 Å². The zero-order valence-corrected chi connectivity index (χ0v) is 19.1. The predicted octanol–water partition coefficient (Wildman–Crippen LogP) is 3.96. The van der Waals surface area contributed by atoms with E-state index in [1.54, 1.807) is 6.92 Å². The van der Waals surface area contributed by atoms with E-state index in [9.17, 15) is 18.0 Å². The molecular weight excluding hydrogens is 608 g/mol. The Morgan fingerprint density at radius 3 is 1.71 bits per heavy atom. The lowest BCUT2D eigenvalue weighted by Gasteiger charge is -2.15. The first-order valence-corrected chi connectivity index (χ1v) is 10.9. The highest BCUT2D eigenvalue weighted by molar-refractivity contribution is 9.15. The number of benzene rings is 1. The minimum Gasteiger partial charge on any atom is -0.462 e. The SMILES string of the molecule is CCOC(=O)c1c(Br)c(Br)c(Br)c(Br)c1C(=O)OCCS(=O)(=O)O. The van der Waals surface area contributed by atoms with Gasteiger partial charge in [-0.15, -0.1) is 0 Å². The highest BCUT2D eigenvalue weighted by Gasteiger charge is 2.30. The summed E-state index contributed by atoms with van der Waals surface area (Å²) in [5.41, 5.74) is -0.235. The second-order valence-corrected chi connectivity index (χ2v) is 8.89. The van der Waals surface area contributed by atoms with Crippen LogP contribution < -0.4 is 0 Å². The van der Waals surface area contributed by atoms with Gasteiger partial charge < -0.3 is 9.47 Å². The summed E-state index contributed by atoms with van der Waals surface area (Å²) < 4.78 is 41.2. The van der Waals surface area contributed by atoms with Crippen LogP contribution in [-0.4, -0.2) is 43.9 Å². The van der Waals surface area contributed by atoms with Gasteiger partial charge in [-0.05, 0) is 70.6 Å². The molecule has 0 aliphatic carbocycles. The predicted molar refractivity (Wildman–Crippen MR) is 99.9 cm³/mol. The summed E-state index contributed by atoms with van der Waals surface area (Å²) in [4.78, 5) is 24.5. The largest absolute Gasteiger partial charge is 0.462 e. The van der Waals surface area contributed by atoms with Crippen LogP contribution in [0.3, 0.4) is 0 Å². The summed E-state index contributed by atoms with van der Waals surface area (Å²) in [6.07, 6.45) is 0. The molecule has 1 N–H and O–H groups in total. The molecule has 0 radical (unpaired) electrons. The van der Waals surface area contributed by atoms with E-state index in [2.05, 4.69) is 63.7 Å². The normalized spacial score (nSPS) is 11.2. The highest BCUT2D eigenvalue weighted by Crippen LogP contribution is 2.42. The van der Waals surface area contributed by atoms with E-state index >= 15 is 0 Å². The topological polar surface area (TPSA) is 107 Å². The van der Waals surface area contributed by atoms with Crippen molar-refractivity contribution in [2.75, 3.05) is 19.0 Å². The molecule has 134 valence electrons. The Bertz CT molecular complexity index is 776. The summed E-state index contributed by atoms with van der Waals surface area (Å²) >= 11 is 12.9. The first-order valence-electron chi connectivity index (χ1n) is 6.16. The molecule has 0 heterocycles. The van der Waals surface area contributed by atoms with Crippen molar-refractivity contribution in [3.05, 3.63) is 29.0 Å². The molecular formula is C12H10Br4O7S. The van der Waals surface area contributed by atoms with Gasteiger partial charge in [0.05, 0.1) is 17.7 Å². The van der Waals surface area contributed by atoms with Gasteiger partial charge in [-0.3, -0.25) is 4.55 Å². The van der Waals surface area contributed by atoms with Crippen LogP contribution in [0.2, 0.25) is 0 Å². The zero-order valence-electron chi connectivity index (χ0n) is 11.9. The van der Waals surface area contributed by atoms with Crippen LogP contribution in [0.1, 0.15) is 27.6 Å². The second-order valence-electron chi connectivity index (χ2n) is 4.15. The van der Waals surface area contributed by atoms with Gasteiger partial charge in [-0.25, -0.2) is 9.59 Å². The highest BCUT2D eigenvalue weighted by atomic mass is 79.9. The van der Waals surface area contributed by atoms with Crippen LogP contribution in [0.5, 0.6) is 0 Å². The monoisotopic (exact) mass is 614 g/mol. The average molecular weight is 618 g/mol. The Morgan fingerprint density at radius 1 is 0.917 bits per heavy atom. The molecule has 12 heteroatoms. The zero-order chi connectivity index (χ0) is 18.7. The van der Waals surface area contributed by atoms with Crippen LogP contribution >= 0.6 is 63.7 Å². The third kappa shape index (κ3) is 5.49. The van der Waals surface area contributed by atoms with E-state index < -0.39 is 34.4 Å². The molecule has 0 saturated carbocycles. The number of esters is 2. The Balaban J connectivity index is 3.34. The van der Waals surface area contributed by atoms with Gasteiger partial charge in [0.2, 0.25) is 0 Å². The first kappa shape index (κ1) is 22.0. The third-order valence-corrected chi connectivity index (χ3v) is 7.98. The Labute approximate surface area is 171 Å². The van der Waals surface area contributed by atoms with Crippen molar-refractivity contribution < 1.29 is 32.0 Å². The molecule has 0 amide bonds. The molecule has 0 bridgehead atoms. The lowest BCUT2D eigenvalue weighted by atomic mass is 10.1. The molecule has 1 rings (SSSR count). The van der Waals surface area contributed by atoms with Crippen molar-refractivity contribution in [3.8, 4) is 0 Å². The molecule has 0 atom stereocenters. The number of carbonyl (C=O) groups excluding carboxylic acids is 2. The van der Waals surface area contributed by atoms with Crippen molar-refractivity contribution in [2.45, 2.75) is 6.92 Å². The molecule has 1 aromatic rings. The van der Waals surface area contributed by atoms with Crippen LogP contribution in [0, 0.1) is 0 Å². The Kier molecular flexibility index (Phi) is 8.34. The summed E-state index contributed by atoms with van der Waals surface area (Å²) in [6.45, 7) is 1.13. The van der Waals surface area contributed by atoms with E-state index in [4.69, 9.17) is 14.0 Å². The van der Waals surface area contributed by atoms with Crippen molar-refractivity contribution in [3.63, 3.8) is 0 Å². The standard InChI is InChI=1S/C12H10Br4O7S/c1-2-22-11(17)5-6(8(14)10(16)9(15)7(5)13)12(18)23-3-4-24(19,20)21/h2-4H2,1H3,(H,19,20,21). The number of hydrogen-bond donors (Lipinski definition) is 1. The van der Waals surface area contributed by atoms with E-state index in [1.165, 1.54) is 0 Å². The number of rotatable bonds is 6. The van der Waals surface area contributed by atoms with E-state index in [0.29, 0.717) is 8.95 Å². The molecule has 0 aromatic heterocycles. The lowest BCUT2D eigenvalue weighted by molar-refractivity contribution is 0.0477. The minimum atomic E-state index is -4.28. The average Bonchev–Trinajstić information content (AvgIpc) is 2.47. The van der Waals surface area contributed by atoms with Crippen molar-refractivity contribution >= 4 is 85.8 Å². The van der Waals surface area contributed by atoms with E-state index in [1.807, 2.05) is 0 Å². The maximum absolute atomic E-state index is 12.3. The lowest BCUT2D eigenvalue weighted by Crippen LogP contribution is -2.19. The van der Waals surface area contributed by atoms with Crippen molar-refractivity contribution in [1.82, 2.24) is 0 Å². The summed E-state index contributed by atoms with van der Waals surface area (Å²) in [5, 5.41) is 0. The molecule has 0 unspecified atom stereocenters. The van der Waals surface area contributed by atoms with Gasteiger partial charge in [0.15, 0.2) is 0 Å². The van der Waals surface area contributed by atoms with Gasteiger partial charge in [0.1, 0.15) is 12.4 Å². The fourth-order valence-electron chi connectivity index (χ4n) is 1.53. The molecule has 7 nitrogen and oxygen atoms in total. The Hall–Kier alpha value is -0.0100. The summed E-state index contributed by atoms with van der Waals surface area (Å²) in [5.74, 6) is -2.48. The van der Waals surface area contributed by atoms with Crippen molar-refractivity contribution in [2.24, 2.45) is 0 Å². The fraction of sp³-hybridized carbons (Fsp3) is 0.333. The van der Waals surface area contributed by atoms with Gasteiger partial charge in [-0.2, -0.15) is 8.42 Å². The second kappa shape index (κ2) is 9.08. The van der Waals surface area contributed by atoms with Crippen LogP contribution in [0.4, 0.5) is 0 Å². The van der Waals surface area contributed by atoms with Gasteiger partial charge in [0.25, 0.3) is 10.1 Å². The number of halogens is 4. The molecule has 24 heavy (non-hydrogen) atoms. The van der Waals surface area contributed by atoms with E-state index in [-0.39, 0.29) is 26.7 Å². The number of hydrogen-bond acceptors (Lipinski definition) is 6. The van der Waals surface area contributed by atoms with Crippen LogP contribution in [0.15, 0.2) is 17.9 Å². The molecule has 0 fully saturated rings. The summed E-state index contributed by atoms with van der Waals surface area (Å²) in [7, 11) is -4.28. The maximum Gasteiger partial charge on any atom is 0.340 e. The van der Waals surface area contributed by atoms with Gasteiger partial charge >= 0.3 is 11.9 Å². The molecule has 0 spiro atoms. The van der Waals surface area contributed by atoms with Crippen LogP contribution in [-0.2, 0) is 19.6 Å². The molecule has 1 aromatic carbocycles. The van der Waals surface area contributed by atoms with Gasteiger partial charge in [-0.1, -0.05) is 0 Å². The summed E-state index contributed by atoms with van der Waals surface area (Å²) in [6, 6.07) is 0.